The maximum absolute atomic E-state index is 12.1. The van der Waals surface area contributed by atoms with Gasteiger partial charge in [-0.2, -0.15) is 11.3 Å². The number of aliphatic carboxylic acids is 1. The van der Waals surface area contributed by atoms with Gasteiger partial charge in [-0.05, 0) is 29.6 Å². The summed E-state index contributed by atoms with van der Waals surface area (Å²) in [5.74, 6) is -1.05. The number of rotatable bonds is 6. The summed E-state index contributed by atoms with van der Waals surface area (Å²) in [6.07, 6.45) is 0. The molecule has 0 spiro atoms. The average molecular weight is 348 g/mol. The standard InChI is InChI=1S/C12H10ClNO5S2/c13-10-5-9(1-2-11(10)19-6-12(15)16)21(17,18)14-8-3-4-20-7-8/h1-5,7,14H,6H2,(H,15,16). The van der Waals surface area contributed by atoms with Gasteiger partial charge in [0.05, 0.1) is 15.6 Å². The van der Waals surface area contributed by atoms with E-state index in [4.69, 9.17) is 21.4 Å². The maximum Gasteiger partial charge on any atom is 0.341 e. The average Bonchev–Trinajstić information content (AvgIpc) is 2.89. The molecule has 0 atom stereocenters. The van der Waals surface area contributed by atoms with Gasteiger partial charge in [0.2, 0.25) is 0 Å². The number of nitrogens with one attached hydrogen (secondary N) is 1. The zero-order chi connectivity index (χ0) is 15.5. The van der Waals surface area contributed by atoms with Crippen LogP contribution in [0.2, 0.25) is 5.02 Å². The molecular weight excluding hydrogens is 338 g/mol. The van der Waals surface area contributed by atoms with E-state index in [1.807, 2.05) is 0 Å². The Bertz CT molecular complexity index is 743. The van der Waals surface area contributed by atoms with Crippen molar-refractivity contribution in [2.24, 2.45) is 0 Å². The van der Waals surface area contributed by atoms with Crippen LogP contribution in [-0.2, 0) is 14.8 Å². The number of halogens is 1. The molecule has 1 heterocycles. The zero-order valence-electron chi connectivity index (χ0n) is 10.4. The van der Waals surface area contributed by atoms with Crippen molar-refractivity contribution in [3.8, 4) is 5.75 Å². The van der Waals surface area contributed by atoms with Crippen LogP contribution in [0.25, 0.3) is 0 Å². The lowest BCUT2D eigenvalue weighted by atomic mass is 10.3. The Morgan fingerprint density at radius 2 is 2.14 bits per heavy atom. The van der Waals surface area contributed by atoms with Crippen LogP contribution in [0.3, 0.4) is 0 Å². The lowest BCUT2D eigenvalue weighted by Crippen LogP contribution is -2.13. The second-order valence-electron chi connectivity index (χ2n) is 3.89. The minimum atomic E-state index is -3.75. The molecular formula is C12H10ClNO5S2. The molecule has 0 saturated carbocycles. The van der Waals surface area contributed by atoms with Crippen molar-refractivity contribution in [3.63, 3.8) is 0 Å². The lowest BCUT2D eigenvalue weighted by Gasteiger charge is -2.09. The molecule has 6 nitrogen and oxygen atoms in total. The number of carboxylic acid groups (broad SMARTS) is 1. The van der Waals surface area contributed by atoms with E-state index < -0.39 is 22.6 Å². The summed E-state index contributed by atoms with van der Waals surface area (Å²) in [5, 5.41) is 11.9. The third-order valence-electron chi connectivity index (χ3n) is 2.34. The molecule has 0 aliphatic heterocycles. The summed E-state index contributed by atoms with van der Waals surface area (Å²) in [4.78, 5) is 10.4. The second-order valence-corrected chi connectivity index (χ2v) is 6.76. The Morgan fingerprint density at radius 1 is 1.38 bits per heavy atom. The van der Waals surface area contributed by atoms with Crippen molar-refractivity contribution >= 4 is 44.6 Å². The second kappa shape index (κ2) is 6.33. The summed E-state index contributed by atoms with van der Waals surface area (Å²) < 4.78 is 31.6. The van der Waals surface area contributed by atoms with Crippen molar-refractivity contribution in [1.29, 1.82) is 0 Å². The molecule has 0 radical (unpaired) electrons. The molecule has 0 saturated heterocycles. The Labute approximate surface area is 130 Å². The predicted molar refractivity (Wildman–Crippen MR) is 79.7 cm³/mol. The van der Waals surface area contributed by atoms with E-state index in [2.05, 4.69) is 4.72 Å². The number of hydrogen-bond donors (Lipinski definition) is 2. The summed E-state index contributed by atoms with van der Waals surface area (Å²) in [6.45, 7) is -0.557. The van der Waals surface area contributed by atoms with Crippen molar-refractivity contribution in [1.82, 2.24) is 0 Å². The van der Waals surface area contributed by atoms with E-state index in [0.717, 1.165) is 0 Å². The first-order valence-electron chi connectivity index (χ1n) is 5.57. The van der Waals surface area contributed by atoms with Crippen LogP contribution in [-0.4, -0.2) is 26.1 Å². The number of carboxylic acids is 1. The first-order chi connectivity index (χ1) is 9.88. The number of hydrogen-bond acceptors (Lipinski definition) is 5. The summed E-state index contributed by atoms with van der Waals surface area (Å²) in [6, 6.07) is 5.44. The van der Waals surface area contributed by atoms with Gasteiger partial charge >= 0.3 is 5.97 Å². The van der Waals surface area contributed by atoms with Crippen molar-refractivity contribution < 1.29 is 23.1 Å². The smallest absolute Gasteiger partial charge is 0.341 e. The summed E-state index contributed by atoms with van der Waals surface area (Å²) in [5.41, 5.74) is 0.460. The number of carbonyl (C=O) groups is 1. The van der Waals surface area contributed by atoms with Crippen molar-refractivity contribution in [3.05, 3.63) is 40.0 Å². The fourth-order valence-corrected chi connectivity index (χ4v) is 3.48. The van der Waals surface area contributed by atoms with E-state index in [9.17, 15) is 13.2 Å². The fraction of sp³-hybridized carbons (Fsp3) is 0.0833. The molecule has 0 unspecified atom stereocenters. The van der Waals surface area contributed by atoms with Gasteiger partial charge in [0, 0.05) is 5.38 Å². The fourth-order valence-electron chi connectivity index (χ4n) is 1.44. The highest BCUT2D eigenvalue weighted by atomic mass is 35.5. The van der Waals surface area contributed by atoms with Gasteiger partial charge in [0.1, 0.15) is 5.75 Å². The van der Waals surface area contributed by atoms with Gasteiger partial charge < -0.3 is 9.84 Å². The van der Waals surface area contributed by atoms with E-state index in [-0.39, 0.29) is 15.7 Å². The number of sulfonamides is 1. The molecule has 1 aromatic carbocycles. The van der Waals surface area contributed by atoms with E-state index in [1.165, 1.54) is 29.5 Å². The third kappa shape index (κ3) is 4.10. The van der Waals surface area contributed by atoms with Crippen LogP contribution in [0, 0.1) is 0 Å². The normalized spacial score (nSPS) is 11.1. The minimum Gasteiger partial charge on any atom is -0.480 e. The van der Waals surface area contributed by atoms with Crippen LogP contribution < -0.4 is 9.46 Å². The van der Waals surface area contributed by atoms with Gasteiger partial charge in [0.25, 0.3) is 10.0 Å². The zero-order valence-corrected chi connectivity index (χ0v) is 12.8. The molecule has 0 amide bonds. The molecule has 0 aliphatic rings. The van der Waals surface area contributed by atoms with Gasteiger partial charge in [-0.15, -0.1) is 0 Å². The van der Waals surface area contributed by atoms with E-state index in [0.29, 0.717) is 5.69 Å². The largest absolute Gasteiger partial charge is 0.480 e. The molecule has 0 bridgehead atoms. The van der Waals surface area contributed by atoms with Crippen LogP contribution >= 0.6 is 22.9 Å². The third-order valence-corrected chi connectivity index (χ3v) is 4.70. The molecule has 2 rings (SSSR count). The van der Waals surface area contributed by atoms with Gasteiger partial charge in [-0.3, -0.25) is 4.72 Å². The quantitative estimate of drug-likeness (QED) is 0.838. The Hall–Kier alpha value is -1.77. The first-order valence-corrected chi connectivity index (χ1v) is 8.38. The highest BCUT2D eigenvalue weighted by Gasteiger charge is 2.17. The molecule has 0 aliphatic carbocycles. The maximum atomic E-state index is 12.1. The Kier molecular flexibility index (Phi) is 4.71. The topological polar surface area (TPSA) is 92.7 Å². The van der Waals surface area contributed by atoms with E-state index in [1.54, 1.807) is 16.8 Å². The van der Waals surface area contributed by atoms with Gasteiger partial charge in [-0.1, -0.05) is 11.6 Å². The van der Waals surface area contributed by atoms with Crippen molar-refractivity contribution in [2.45, 2.75) is 4.90 Å². The number of ether oxygens (including phenoxy) is 1. The first kappa shape index (κ1) is 15.6. The predicted octanol–water partition coefficient (Wildman–Crippen LogP) is 2.67. The monoisotopic (exact) mass is 347 g/mol. The number of anilines is 1. The summed E-state index contributed by atoms with van der Waals surface area (Å²) in [7, 11) is -3.75. The SMILES string of the molecule is O=C(O)COc1ccc(S(=O)(=O)Nc2ccsc2)cc1Cl. The van der Waals surface area contributed by atoms with Crippen LogP contribution in [0.1, 0.15) is 0 Å². The van der Waals surface area contributed by atoms with E-state index >= 15 is 0 Å². The molecule has 2 aromatic rings. The van der Waals surface area contributed by atoms with Crippen LogP contribution in [0.15, 0.2) is 39.9 Å². The van der Waals surface area contributed by atoms with Crippen LogP contribution in [0.5, 0.6) is 5.75 Å². The lowest BCUT2D eigenvalue weighted by molar-refractivity contribution is -0.139. The van der Waals surface area contributed by atoms with Crippen LogP contribution in [0.4, 0.5) is 5.69 Å². The molecule has 1 aromatic heterocycles. The Morgan fingerprint density at radius 3 is 2.71 bits per heavy atom. The summed E-state index contributed by atoms with van der Waals surface area (Å²) >= 11 is 7.25. The molecule has 9 heteroatoms. The van der Waals surface area contributed by atoms with Gasteiger partial charge in [-0.25, -0.2) is 13.2 Å². The number of thiophene rings is 1. The molecule has 0 fully saturated rings. The highest BCUT2D eigenvalue weighted by molar-refractivity contribution is 7.92. The molecule has 112 valence electrons. The molecule has 2 N–H and O–H groups in total. The Balaban J connectivity index is 2.20. The highest BCUT2D eigenvalue weighted by Crippen LogP contribution is 2.28. The van der Waals surface area contributed by atoms with Crippen molar-refractivity contribution in [2.75, 3.05) is 11.3 Å². The molecule has 21 heavy (non-hydrogen) atoms. The minimum absolute atomic E-state index is 0.0180. The number of benzene rings is 1. The van der Waals surface area contributed by atoms with Gasteiger partial charge in [0.15, 0.2) is 6.61 Å².